The van der Waals surface area contributed by atoms with Crippen LogP contribution < -0.4 is 9.62 Å². The summed E-state index contributed by atoms with van der Waals surface area (Å²) < 4.78 is 41.4. The van der Waals surface area contributed by atoms with Crippen molar-refractivity contribution in [2.24, 2.45) is 0 Å². The first-order chi connectivity index (χ1) is 14.2. The maximum Gasteiger partial charge on any atom is 0.313 e. The predicted octanol–water partition coefficient (Wildman–Crippen LogP) is 3.11. The summed E-state index contributed by atoms with van der Waals surface area (Å²) in [7, 11) is -3.88. The standard InChI is InChI=1S/C20H21FN2O5S2/c1-13-2-3-14-10-15(21)4-9-18(14)23(13)30(27,28)17-7-5-16(6-8-17)22-19(24)11-29-12-20(25)26/h4-10,13H,2-3,11-12H2,1H3,(H,22,24)(H,25,26). The van der Waals surface area contributed by atoms with Crippen LogP contribution in [0.1, 0.15) is 18.9 Å². The molecule has 0 saturated heterocycles. The van der Waals surface area contributed by atoms with E-state index in [1.54, 1.807) is 0 Å². The van der Waals surface area contributed by atoms with Gasteiger partial charge in [0.25, 0.3) is 10.0 Å². The highest BCUT2D eigenvalue weighted by atomic mass is 32.2. The lowest BCUT2D eigenvalue weighted by Crippen LogP contribution is -2.42. The first-order valence-electron chi connectivity index (χ1n) is 9.21. The van der Waals surface area contributed by atoms with Gasteiger partial charge in [-0.2, -0.15) is 0 Å². The molecule has 2 N–H and O–H groups in total. The molecular weight excluding hydrogens is 431 g/mol. The van der Waals surface area contributed by atoms with Crippen molar-refractivity contribution < 1.29 is 27.5 Å². The molecule has 3 rings (SSSR count). The van der Waals surface area contributed by atoms with Crippen molar-refractivity contribution in [2.75, 3.05) is 21.1 Å². The van der Waals surface area contributed by atoms with Gasteiger partial charge in [-0.05, 0) is 67.8 Å². The van der Waals surface area contributed by atoms with Crippen molar-refractivity contribution in [3.63, 3.8) is 0 Å². The molecule has 10 heteroatoms. The Hall–Kier alpha value is -2.59. The van der Waals surface area contributed by atoms with Crippen LogP contribution in [0.25, 0.3) is 0 Å². The monoisotopic (exact) mass is 452 g/mol. The molecule has 30 heavy (non-hydrogen) atoms. The van der Waals surface area contributed by atoms with Crippen molar-refractivity contribution in [2.45, 2.75) is 30.7 Å². The minimum absolute atomic E-state index is 0.0228. The number of carboxylic acids is 1. The first-order valence-corrected chi connectivity index (χ1v) is 11.8. The molecule has 0 bridgehead atoms. The normalized spacial score (nSPS) is 16.1. The van der Waals surface area contributed by atoms with E-state index in [0.717, 1.165) is 11.8 Å². The Bertz CT molecular complexity index is 1060. The smallest absolute Gasteiger partial charge is 0.313 e. The van der Waals surface area contributed by atoms with E-state index >= 15 is 0 Å². The van der Waals surface area contributed by atoms with E-state index < -0.39 is 21.8 Å². The zero-order chi connectivity index (χ0) is 21.9. The topological polar surface area (TPSA) is 104 Å². The van der Waals surface area contributed by atoms with Crippen molar-refractivity contribution >= 4 is 45.0 Å². The minimum atomic E-state index is -3.88. The maximum absolute atomic E-state index is 13.6. The Labute approximate surface area is 178 Å². The zero-order valence-corrected chi connectivity index (χ0v) is 17.8. The number of fused-ring (bicyclic) bond motifs is 1. The van der Waals surface area contributed by atoms with Crippen molar-refractivity contribution in [1.82, 2.24) is 0 Å². The fourth-order valence-electron chi connectivity index (χ4n) is 3.31. The molecule has 1 heterocycles. The van der Waals surface area contributed by atoms with Gasteiger partial charge in [-0.3, -0.25) is 13.9 Å². The second-order valence-electron chi connectivity index (χ2n) is 6.92. The Morgan fingerprint density at radius 3 is 2.57 bits per heavy atom. The van der Waals surface area contributed by atoms with Gasteiger partial charge in [-0.15, -0.1) is 11.8 Å². The summed E-state index contributed by atoms with van der Waals surface area (Å²) in [6, 6.07) is 9.59. The predicted molar refractivity (Wildman–Crippen MR) is 114 cm³/mol. The highest BCUT2D eigenvalue weighted by Crippen LogP contribution is 2.35. The molecule has 1 aliphatic rings. The number of rotatable bonds is 7. The van der Waals surface area contributed by atoms with Crippen LogP contribution in [0, 0.1) is 5.82 Å². The van der Waals surface area contributed by atoms with E-state index in [4.69, 9.17) is 5.11 Å². The van der Waals surface area contributed by atoms with Gasteiger partial charge in [0.15, 0.2) is 0 Å². The van der Waals surface area contributed by atoms with E-state index in [2.05, 4.69) is 5.32 Å². The number of thioether (sulfide) groups is 1. The molecule has 0 fully saturated rings. The number of carbonyl (C=O) groups is 2. The summed E-state index contributed by atoms with van der Waals surface area (Å²) in [5.41, 5.74) is 1.53. The molecule has 0 spiro atoms. The third-order valence-corrected chi connectivity index (χ3v) is 7.52. The van der Waals surface area contributed by atoms with Crippen molar-refractivity contribution in [1.29, 1.82) is 0 Å². The molecule has 1 aliphatic heterocycles. The number of nitrogens with zero attached hydrogens (tertiary/aromatic N) is 1. The van der Waals surface area contributed by atoms with Crippen LogP contribution in [0.5, 0.6) is 0 Å². The van der Waals surface area contributed by atoms with Gasteiger partial charge < -0.3 is 10.4 Å². The highest BCUT2D eigenvalue weighted by molar-refractivity contribution is 8.00. The number of amides is 1. The summed E-state index contributed by atoms with van der Waals surface area (Å²) >= 11 is 0.969. The van der Waals surface area contributed by atoms with Crippen molar-refractivity contribution in [3.8, 4) is 0 Å². The summed E-state index contributed by atoms with van der Waals surface area (Å²) in [5, 5.41) is 11.2. The number of carbonyl (C=O) groups excluding carboxylic acids is 1. The molecule has 7 nitrogen and oxygen atoms in total. The van der Waals surface area contributed by atoms with Crippen molar-refractivity contribution in [3.05, 3.63) is 53.8 Å². The number of anilines is 2. The number of nitrogens with one attached hydrogen (secondary N) is 1. The zero-order valence-electron chi connectivity index (χ0n) is 16.2. The lowest BCUT2D eigenvalue weighted by atomic mass is 9.99. The van der Waals surface area contributed by atoms with Gasteiger partial charge in [-0.1, -0.05) is 0 Å². The molecule has 1 atom stereocenters. The number of hydrogen-bond acceptors (Lipinski definition) is 5. The quantitative estimate of drug-likeness (QED) is 0.669. The van der Waals surface area contributed by atoms with Crippen LogP contribution in [0.3, 0.4) is 0 Å². The van der Waals surface area contributed by atoms with Crippen LogP contribution in [-0.2, 0) is 26.0 Å². The summed E-state index contributed by atoms with van der Waals surface area (Å²) in [6.45, 7) is 1.81. The lowest BCUT2D eigenvalue weighted by Gasteiger charge is -2.36. The molecule has 160 valence electrons. The number of aryl methyl sites for hydroxylation is 1. The van der Waals surface area contributed by atoms with E-state index in [9.17, 15) is 22.4 Å². The SMILES string of the molecule is CC1CCc2cc(F)ccc2N1S(=O)(=O)c1ccc(NC(=O)CSCC(=O)O)cc1. The summed E-state index contributed by atoms with van der Waals surface area (Å²) in [4.78, 5) is 22.4. The summed E-state index contributed by atoms with van der Waals surface area (Å²) in [5.74, 6) is -1.98. The largest absolute Gasteiger partial charge is 0.481 e. The molecule has 1 amide bonds. The lowest BCUT2D eigenvalue weighted by molar-refractivity contribution is -0.133. The number of benzene rings is 2. The minimum Gasteiger partial charge on any atom is -0.481 e. The van der Waals surface area contributed by atoms with Gasteiger partial charge in [0.2, 0.25) is 5.91 Å². The number of hydrogen-bond donors (Lipinski definition) is 2. The average molecular weight is 453 g/mol. The fraction of sp³-hybridized carbons (Fsp3) is 0.300. The van der Waals surface area contributed by atoms with Crippen LogP contribution in [0.2, 0.25) is 0 Å². The Morgan fingerprint density at radius 2 is 1.90 bits per heavy atom. The molecular formula is C20H21FN2O5S2. The number of sulfonamides is 1. The van der Waals surface area contributed by atoms with Gasteiger partial charge in [0, 0.05) is 11.7 Å². The summed E-state index contributed by atoms with van der Waals surface area (Å²) in [6.07, 6.45) is 1.18. The Kier molecular flexibility index (Phi) is 6.67. The first kappa shape index (κ1) is 22.1. The van der Waals surface area contributed by atoms with E-state index in [0.29, 0.717) is 29.8 Å². The molecule has 2 aromatic rings. The maximum atomic E-state index is 13.6. The molecule has 0 saturated carbocycles. The second-order valence-corrected chi connectivity index (χ2v) is 9.72. The van der Waals surface area contributed by atoms with Gasteiger partial charge in [-0.25, -0.2) is 12.8 Å². The number of carboxylic acid groups (broad SMARTS) is 1. The Balaban J connectivity index is 1.77. The number of halogens is 1. The molecule has 1 unspecified atom stereocenters. The third-order valence-electron chi connectivity index (χ3n) is 4.66. The molecule has 0 aliphatic carbocycles. The van der Waals surface area contributed by atoms with E-state index in [1.807, 2.05) is 6.92 Å². The average Bonchev–Trinajstić information content (AvgIpc) is 2.68. The van der Waals surface area contributed by atoms with E-state index in [1.165, 1.54) is 46.8 Å². The third kappa shape index (κ3) is 4.93. The van der Waals surface area contributed by atoms with Gasteiger partial charge >= 0.3 is 5.97 Å². The second kappa shape index (κ2) is 9.05. The highest BCUT2D eigenvalue weighted by Gasteiger charge is 2.34. The van der Waals surface area contributed by atoms with E-state index in [-0.39, 0.29) is 28.4 Å². The Morgan fingerprint density at radius 1 is 1.20 bits per heavy atom. The van der Waals surface area contributed by atoms with Crippen LogP contribution >= 0.6 is 11.8 Å². The van der Waals surface area contributed by atoms with Gasteiger partial charge in [0.05, 0.1) is 22.1 Å². The van der Waals surface area contributed by atoms with Crippen LogP contribution in [0.4, 0.5) is 15.8 Å². The number of aliphatic carboxylic acids is 1. The molecule has 2 aromatic carbocycles. The fourth-order valence-corrected chi connectivity index (χ4v) is 5.56. The van der Waals surface area contributed by atoms with Gasteiger partial charge in [0.1, 0.15) is 5.82 Å². The van der Waals surface area contributed by atoms with Crippen LogP contribution in [-0.4, -0.2) is 42.9 Å². The molecule has 0 aromatic heterocycles. The molecule has 0 radical (unpaired) electrons. The van der Waals surface area contributed by atoms with Crippen LogP contribution in [0.15, 0.2) is 47.4 Å².